The Balaban J connectivity index is 1.87. The Labute approximate surface area is 163 Å². The van der Waals surface area contributed by atoms with Gasteiger partial charge in [0.25, 0.3) is 0 Å². The molecular weight excluding hydrogens is 395 g/mol. The van der Waals surface area contributed by atoms with Gasteiger partial charge in [0.05, 0.1) is 21.4 Å². The van der Waals surface area contributed by atoms with Crippen LogP contribution in [0.25, 0.3) is 5.69 Å². The number of hydrogen-bond donors (Lipinski definition) is 1. The third-order valence-electron chi connectivity index (χ3n) is 3.16. The minimum atomic E-state index is -0.256. The first kappa shape index (κ1) is 18.4. The first-order chi connectivity index (χ1) is 12.6. The van der Waals surface area contributed by atoms with Crippen molar-refractivity contribution in [3.63, 3.8) is 0 Å². The number of ketones is 1. The predicted octanol–water partition coefficient (Wildman–Crippen LogP) is 4.08. The summed E-state index contributed by atoms with van der Waals surface area (Å²) in [5.74, 6) is -0.256. The van der Waals surface area contributed by atoms with Gasteiger partial charge < -0.3 is 0 Å². The maximum atomic E-state index is 12.0. The van der Waals surface area contributed by atoms with Crippen molar-refractivity contribution >= 4 is 51.5 Å². The molecule has 0 amide bonds. The second kappa shape index (κ2) is 8.31. The predicted molar refractivity (Wildman–Crippen MR) is 103 cm³/mol. The lowest BCUT2D eigenvalue weighted by Gasteiger charge is -2.08. The molecule has 0 unspecified atom stereocenters. The largest absolute Gasteiger partial charge is 0.292 e. The number of carbonyl (C=O) groups is 1. The summed E-state index contributed by atoms with van der Waals surface area (Å²) in [6.45, 7) is 1.40. The van der Waals surface area contributed by atoms with E-state index in [-0.39, 0.29) is 10.8 Å². The van der Waals surface area contributed by atoms with Gasteiger partial charge in [0.2, 0.25) is 5.16 Å². The molecular formula is C16H12Cl2N6OS. The average Bonchev–Trinajstić information content (AvgIpc) is 3.09. The van der Waals surface area contributed by atoms with E-state index in [1.807, 2.05) is 30.3 Å². The van der Waals surface area contributed by atoms with Gasteiger partial charge in [0.15, 0.2) is 10.8 Å². The number of Topliss-reactive ketones (excluding diaryl/α,β-unsaturated/α-hetero) is 1. The molecule has 0 spiro atoms. The molecule has 0 aliphatic carbocycles. The molecule has 1 heterocycles. The molecule has 0 fully saturated rings. The minimum absolute atomic E-state index is 0.160. The molecule has 0 bridgehead atoms. The summed E-state index contributed by atoms with van der Waals surface area (Å²) in [5, 5.41) is 17.0. The van der Waals surface area contributed by atoms with E-state index >= 15 is 0 Å². The lowest BCUT2D eigenvalue weighted by molar-refractivity contribution is -0.110. The van der Waals surface area contributed by atoms with E-state index in [0.717, 1.165) is 17.4 Å². The Hall–Kier alpha value is -2.42. The van der Waals surface area contributed by atoms with E-state index in [2.05, 4.69) is 26.1 Å². The number of para-hydroxylation sites is 2. The SMILES string of the molecule is CC(=O)/C(=N/Nc1c(Cl)cccc1Cl)Sc1nnnn1-c1ccccc1. The van der Waals surface area contributed by atoms with Crippen LogP contribution >= 0.6 is 35.0 Å². The van der Waals surface area contributed by atoms with Crippen LogP contribution < -0.4 is 5.43 Å². The van der Waals surface area contributed by atoms with Crippen molar-refractivity contribution in [1.82, 2.24) is 20.2 Å². The van der Waals surface area contributed by atoms with Crippen molar-refractivity contribution in [2.75, 3.05) is 5.43 Å². The number of rotatable bonds is 5. The maximum Gasteiger partial charge on any atom is 0.220 e. The zero-order valence-electron chi connectivity index (χ0n) is 13.4. The van der Waals surface area contributed by atoms with Crippen molar-refractivity contribution in [2.24, 2.45) is 5.10 Å². The lowest BCUT2D eigenvalue weighted by Crippen LogP contribution is -2.10. The van der Waals surface area contributed by atoms with Gasteiger partial charge in [-0.15, -0.1) is 5.10 Å². The van der Waals surface area contributed by atoms with Crippen LogP contribution in [-0.2, 0) is 4.79 Å². The van der Waals surface area contributed by atoms with Crippen LogP contribution in [0.3, 0.4) is 0 Å². The van der Waals surface area contributed by atoms with Crippen LogP contribution in [0.1, 0.15) is 6.92 Å². The highest BCUT2D eigenvalue weighted by atomic mass is 35.5. The van der Waals surface area contributed by atoms with Gasteiger partial charge in [0.1, 0.15) is 0 Å². The molecule has 0 saturated carbocycles. The Morgan fingerprint density at radius 3 is 2.46 bits per heavy atom. The standard InChI is InChI=1S/C16H12Cl2N6OS/c1-10(25)15(20-19-14-12(17)8-5-9-13(14)18)26-16-21-22-23-24(16)11-6-3-2-4-7-11/h2-9,19H,1H3/b20-15-. The minimum Gasteiger partial charge on any atom is -0.292 e. The van der Waals surface area contributed by atoms with Crippen LogP contribution in [0, 0.1) is 0 Å². The summed E-state index contributed by atoms with van der Waals surface area (Å²) in [6, 6.07) is 14.4. The fourth-order valence-electron chi connectivity index (χ4n) is 1.94. The maximum absolute atomic E-state index is 12.0. The number of hydrogen-bond acceptors (Lipinski definition) is 7. The highest BCUT2D eigenvalue weighted by Gasteiger charge is 2.16. The summed E-state index contributed by atoms with van der Waals surface area (Å²) in [5.41, 5.74) is 3.92. The van der Waals surface area contributed by atoms with E-state index in [0.29, 0.717) is 20.9 Å². The molecule has 3 aromatic rings. The third kappa shape index (κ3) is 4.21. The highest BCUT2D eigenvalue weighted by molar-refractivity contribution is 8.15. The summed E-state index contributed by atoms with van der Waals surface area (Å²) in [4.78, 5) is 12.0. The number of anilines is 1. The Bertz CT molecular complexity index is 940. The Morgan fingerprint density at radius 2 is 1.81 bits per heavy atom. The van der Waals surface area contributed by atoms with Crippen LogP contribution in [0.15, 0.2) is 58.8 Å². The molecule has 0 radical (unpaired) electrons. The van der Waals surface area contributed by atoms with Crippen molar-refractivity contribution in [2.45, 2.75) is 12.1 Å². The van der Waals surface area contributed by atoms with Gasteiger partial charge in [-0.1, -0.05) is 47.5 Å². The second-order valence-corrected chi connectivity index (χ2v) is 6.76. The number of halogens is 2. The molecule has 2 aromatic carbocycles. The van der Waals surface area contributed by atoms with Gasteiger partial charge in [-0.2, -0.15) is 9.78 Å². The summed E-state index contributed by atoms with van der Waals surface area (Å²) in [7, 11) is 0. The first-order valence-corrected chi connectivity index (χ1v) is 8.94. The fourth-order valence-corrected chi connectivity index (χ4v) is 3.14. The van der Waals surface area contributed by atoms with E-state index in [4.69, 9.17) is 23.2 Å². The summed E-state index contributed by atoms with van der Waals surface area (Å²) in [6.07, 6.45) is 0. The highest BCUT2D eigenvalue weighted by Crippen LogP contribution is 2.30. The van der Waals surface area contributed by atoms with Crippen LogP contribution in [0.4, 0.5) is 5.69 Å². The van der Waals surface area contributed by atoms with E-state index in [9.17, 15) is 4.79 Å². The smallest absolute Gasteiger partial charge is 0.220 e. The van der Waals surface area contributed by atoms with E-state index < -0.39 is 0 Å². The van der Waals surface area contributed by atoms with Crippen molar-refractivity contribution in [1.29, 1.82) is 0 Å². The normalized spacial score (nSPS) is 11.4. The van der Waals surface area contributed by atoms with Crippen LogP contribution in [0.2, 0.25) is 10.0 Å². The topological polar surface area (TPSA) is 85.1 Å². The number of tetrazole rings is 1. The number of thioether (sulfide) groups is 1. The molecule has 26 heavy (non-hydrogen) atoms. The zero-order chi connectivity index (χ0) is 18.5. The molecule has 7 nitrogen and oxygen atoms in total. The Kier molecular flexibility index (Phi) is 5.87. The molecule has 0 aliphatic rings. The third-order valence-corrected chi connectivity index (χ3v) is 4.80. The van der Waals surface area contributed by atoms with Gasteiger partial charge in [-0.25, -0.2) is 0 Å². The molecule has 10 heteroatoms. The van der Waals surface area contributed by atoms with Crippen LogP contribution in [0.5, 0.6) is 0 Å². The number of hydrazone groups is 1. The summed E-state index contributed by atoms with van der Waals surface area (Å²) < 4.78 is 1.52. The van der Waals surface area contributed by atoms with Gasteiger partial charge in [-0.3, -0.25) is 10.2 Å². The number of aromatic nitrogens is 4. The monoisotopic (exact) mass is 406 g/mol. The van der Waals surface area contributed by atoms with E-state index in [1.54, 1.807) is 18.2 Å². The number of nitrogens with one attached hydrogen (secondary N) is 1. The Morgan fingerprint density at radius 1 is 1.12 bits per heavy atom. The molecule has 0 atom stereocenters. The van der Waals surface area contributed by atoms with E-state index in [1.165, 1.54) is 11.6 Å². The zero-order valence-corrected chi connectivity index (χ0v) is 15.8. The lowest BCUT2D eigenvalue weighted by atomic mass is 10.3. The second-order valence-electron chi connectivity index (χ2n) is 4.99. The molecule has 1 N–H and O–H groups in total. The number of carbonyl (C=O) groups excluding carboxylic acids is 1. The molecule has 1 aromatic heterocycles. The van der Waals surface area contributed by atoms with Crippen LogP contribution in [-0.4, -0.2) is 31.0 Å². The van der Waals surface area contributed by atoms with Gasteiger partial charge in [-0.05, 0) is 46.5 Å². The summed E-state index contributed by atoms with van der Waals surface area (Å²) >= 11 is 13.2. The average molecular weight is 407 g/mol. The van der Waals surface area contributed by atoms with Crippen molar-refractivity contribution < 1.29 is 4.79 Å². The molecule has 0 saturated heterocycles. The van der Waals surface area contributed by atoms with Crippen molar-refractivity contribution in [3.8, 4) is 5.69 Å². The van der Waals surface area contributed by atoms with Gasteiger partial charge in [0, 0.05) is 6.92 Å². The number of benzene rings is 2. The quantitative estimate of drug-likeness (QED) is 0.297. The van der Waals surface area contributed by atoms with Gasteiger partial charge >= 0.3 is 0 Å². The molecule has 0 aliphatic heterocycles. The number of nitrogens with zero attached hydrogens (tertiary/aromatic N) is 5. The molecule has 3 rings (SSSR count). The van der Waals surface area contributed by atoms with Crippen molar-refractivity contribution in [3.05, 3.63) is 58.6 Å². The molecule has 132 valence electrons. The fraction of sp³-hybridized carbons (Fsp3) is 0.0625. The first-order valence-electron chi connectivity index (χ1n) is 7.36.